The van der Waals surface area contributed by atoms with E-state index in [0.717, 1.165) is 5.82 Å². The first-order chi connectivity index (χ1) is 8.08. The Morgan fingerprint density at radius 2 is 2.06 bits per heavy atom. The Labute approximate surface area is 102 Å². The molecule has 1 aromatic heterocycles. The molecular weight excluding hydrogens is 218 g/mol. The van der Waals surface area contributed by atoms with E-state index in [1.165, 1.54) is 0 Å². The molecule has 0 aliphatic rings. The highest BCUT2D eigenvalue weighted by molar-refractivity contribution is 5.53. The van der Waals surface area contributed by atoms with Crippen LogP contribution in [0.15, 0.2) is 12.1 Å². The van der Waals surface area contributed by atoms with Gasteiger partial charge in [0.1, 0.15) is 5.82 Å². The molecule has 0 amide bonds. The van der Waals surface area contributed by atoms with Crippen molar-refractivity contribution in [2.24, 2.45) is 5.92 Å². The van der Waals surface area contributed by atoms with Crippen molar-refractivity contribution in [1.29, 1.82) is 0 Å². The van der Waals surface area contributed by atoms with Crippen molar-refractivity contribution in [1.82, 2.24) is 4.98 Å². The second-order valence-electron chi connectivity index (χ2n) is 4.25. The number of anilines is 2. The molecule has 96 valence electrons. The molecule has 0 saturated carbocycles. The largest absolute Gasteiger partial charge is 0.479 e. The van der Waals surface area contributed by atoms with Crippen LogP contribution in [0, 0.1) is 5.92 Å². The molecule has 1 heterocycles. The van der Waals surface area contributed by atoms with E-state index in [1.54, 1.807) is 20.3 Å². The van der Waals surface area contributed by atoms with Crippen molar-refractivity contribution in [2.75, 3.05) is 31.9 Å². The van der Waals surface area contributed by atoms with Gasteiger partial charge in [0.25, 0.3) is 0 Å². The van der Waals surface area contributed by atoms with Crippen molar-refractivity contribution in [3.05, 3.63) is 12.1 Å². The van der Waals surface area contributed by atoms with Gasteiger partial charge in [0, 0.05) is 7.11 Å². The van der Waals surface area contributed by atoms with E-state index in [4.69, 9.17) is 15.2 Å². The van der Waals surface area contributed by atoms with Crippen LogP contribution in [0.1, 0.15) is 13.8 Å². The summed E-state index contributed by atoms with van der Waals surface area (Å²) in [6.45, 7) is 4.89. The molecule has 17 heavy (non-hydrogen) atoms. The van der Waals surface area contributed by atoms with Gasteiger partial charge in [0.15, 0.2) is 0 Å². The average molecular weight is 239 g/mol. The molecule has 1 atom stereocenters. The lowest BCUT2D eigenvalue weighted by Crippen LogP contribution is -2.30. The van der Waals surface area contributed by atoms with Crippen molar-refractivity contribution in [2.45, 2.75) is 19.9 Å². The van der Waals surface area contributed by atoms with Crippen LogP contribution in [0.3, 0.4) is 0 Å². The summed E-state index contributed by atoms with van der Waals surface area (Å²) >= 11 is 0. The van der Waals surface area contributed by atoms with E-state index in [2.05, 4.69) is 24.1 Å². The minimum atomic E-state index is 0.209. The predicted octanol–water partition coefficient (Wildman–Crippen LogP) is 1.76. The van der Waals surface area contributed by atoms with E-state index in [9.17, 15) is 0 Å². The van der Waals surface area contributed by atoms with Crippen LogP contribution < -0.4 is 15.8 Å². The lowest BCUT2D eigenvalue weighted by molar-refractivity contribution is 0.171. The number of rotatable bonds is 6. The normalized spacial score (nSPS) is 12.5. The molecule has 5 nitrogen and oxygen atoms in total. The summed E-state index contributed by atoms with van der Waals surface area (Å²) in [5, 5.41) is 3.31. The molecule has 1 rings (SSSR count). The van der Waals surface area contributed by atoms with Crippen molar-refractivity contribution < 1.29 is 9.47 Å². The zero-order valence-electron chi connectivity index (χ0n) is 10.9. The summed E-state index contributed by atoms with van der Waals surface area (Å²) < 4.78 is 10.3. The number of nitrogens with one attached hydrogen (secondary N) is 1. The Kier molecular flexibility index (Phi) is 5.03. The third-order valence-corrected chi connectivity index (χ3v) is 2.57. The number of hydrogen-bond donors (Lipinski definition) is 2. The summed E-state index contributed by atoms with van der Waals surface area (Å²) in [5.74, 6) is 1.63. The smallest absolute Gasteiger partial charge is 0.238 e. The van der Waals surface area contributed by atoms with Gasteiger partial charge in [0.2, 0.25) is 5.88 Å². The van der Waals surface area contributed by atoms with Crippen LogP contribution in [-0.2, 0) is 4.74 Å². The fraction of sp³-hybridized carbons (Fsp3) is 0.583. The quantitative estimate of drug-likeness (QED) is 0.791. The second-order valence-corrected chi connectivity index (χ2v) is 4.25. The number of nitrogen functional groups attached to an aromatic ring is 1. The first-order valence-corrected chi connectivity index (χ1v) is 5.64. The number of ether oxygens (including phenoxy) is 2. The predicted molar refractivity (Wildman–Crippen MR) is 69.3 cm³/mol. The second kappa shape index (κ2) is 6.30. The molecule has 0 bridgehead atoms. The van der Waals surface area contributed by atoms with Crippen LogP contribution >= 0.6 is 0 Å². The van der Waals surface area contributed by atoms with Crippen LogP contribution in [0.4, 0.5) is 11.5 Å². The molecule has 0 spiro atoms. The molecule has 0 saturated heterocycles. The van der Waals surface area contributed by atoms with Gasteiger partial charge in [-0.1, -0.05) is 13.8 Å². The Balaban J connectivity index is 2.78. The maximum Gasteiger partial charge on any atom is 0.238 e. The van der Waals surface area contributed by atoms with Crippen molar-refractivity contribution in [3.8, 4) is 5.88 Å². The van der Waals surface area contributed by atoms with Gasteiger partial charge in [-0.15, -0.1) is 0 Å². The van der Waals surface area contributed by atoms with Crippen molar-refractivity contribution >= 4 is 11.5 Å². The van der Waals surface area contributed by atoms with E-state index >= 15 is 0 Å². The van der Waals surface area contributed by atoms with Gasteiger partial charge in [-0.05, 0) is 18.1 Å². The topological polar surface area (TPSA) is 69.4 Å². The summed E-state index contributed by atoms with van der Waals surface area (Å²) in [4.78, 5) is 4.28. The zero-order chi connectivity index (χ0) is 12.8. The number of nitrogens with two attached hydrogens (primary N) is 1. The standard InChI is InChI=1S/C12H21N3O2/c1-8(2)10(7-16-3)14-11-6-5-9(13)12(15-11)17-4/h5-6,8,10H,7,13H2,1-4H3,(H,14,15). The first kappa shape index (κ1) is 13.6. The van der Waals surface area contributed by atoms with Gasteiger partial charge < -0.3 is 20.5 Å². The highest BCUT2D eigenvalue weighted by Gasteiger charge is 2.14. The van der Waals surface area contributed by atoms with E-state index in [-0.39, 0.29) is 6.04 Å². The first-order valence-electron chi connectivity index (χ1n) is 5.64. The molecule has 0 radical (unpaired) electrons. The molecule has 0 aromatic carbocycles. The van der Waals surface area contributed by atoms with Gasteiger partial charge in [-0.3, -0.25) is 0 Å². The zero-order valence-corrected chi connectivity index (χ0v) is 10.9. The molecule has 5 heteroatoms. The monoisotopic (exact) mass is 239 g/mol. The van der Waals surface area contributed by atoms with Gasteiger partial charge >= 0.3 is 0 Å². The summed E-state index contributed by atoms with van der Waals surface area (Å²) in [7, 11) is 3.24. The fourth-order valence-electron chi connectivity index (χ4n) is 1.47. The minimum Gasteiger partial charge on any atom is -0.479 e. The Bertz CT molecular complexity index is 356. The Morgan fingerprint density at radius 3 is 2.59 bits per heavy atom. The number of methoxy groups -OCH3 is 2. The molecule has 0 aliphatic carbocycles. The van der Waals surface area contributed by atoms with E-state index in [0.29, 0.717) is 24.1 Å². The Hall–Kier alpha value is -1.49. The number of aromatic nitrogens is 1. The highest BCUT2D eigenvalue weighted by atomic mass is 16.5. The fourth-order valence-corrected chi connectivity index (χ4v) is 1.47. The van der Waals surface area contributed by atoms with E-state index in [1.807, 2.05) is 6.07 Å². The third-order valence-electron chi connectivity index (χ3n) is 2.57. The lowest BCUT2D eigenvalue weighted by atomic mass is 10.1. The van der Waals surface area contributed by atoms with Crippen LogP contribution in [0.25, 0.3) is 0 Å². The Morgan fingerprint density at radius 1 is 1.35 bits per heavy atom. The van der Waals surface area contributed by atoms with Crippen LogP contribution in [0.2, 0.25) is 0 Å². The minimum absolute atomic E-state index is 0.209. The van der Waals surface area contributed by atoms with Crippen LogP contribution in [0.5, 0.6) is 5.88 Å². The lowest BCUT2D eigenvalue weighted by Gasteiger charge is -2.22. The number of pyridine rings is 1. The molecule has 0 fully saturated rings. The maximum atomic E-state index is 5.71. The maximum absolute atomic E-state index is 5.71. The SMILES string of the molecule is COCC(Nc1ccc(N)c(OC)n1)C(C)C. The summed E-state index contributed by atoms with van der Waals surface area (Å²) in [5.41, 5.74) is 6.24. The third kappa shape index (κ3) is 3.78. The van der Waals surface area contributed by atoms with E-state index < -0.39 is 0 Å². The van der Waals surface area contributed by atoms with Crippen LogP contribution in [-0.4, -0.2) is 31.9 Å². The molecule has 3 N–H and O–H groups in total. The molecule has 1 unspecified atom stereocenters. The highest BCUT2D eigenvalue weighted by Crippen LogP contribution is 2.21. The molecular formula is C12H21N3O2. The van der Waals surface area contributed by atoms with Crippen molar-refractivity contribution in [3.63, 3.8) is 0 Å². The average Bonchev–Trinajstić information content (AvgIpc) is 2.30. The van der Waals surface area contributed by atoms with Gasteiger partial charge in [-0.2, -0.15) is 4.98 Å². The summed E-state index contributed by atoms with van der Waals surface area (Å²) in [6.07, 6.45) is 0. The summed E-state index contributed by atoms with van der Waals surface area (Å²) in [6, 6.07) is 3.82. The molecule has 1 aromatic rings. The van der Waals surface area contributed by atoms with Gasteiger partial charge in [0.05, 0.1) is 25.4 Å². The van der Waals surface area contributed by atoms with Gasteiger partial charge in [-0.25, -0.2) is 0 Å². The molecule has 0 aliphatic heterocycles. The number of nitrogens with zero attached hydrogens (tertiary/aromatic N) is 1. The number of hydrogen-bond acceptors (Lipinski definition) is 5.